The molecule has 2 aliphatic rings. The highest BCUT2D eigenvalue weighted by molar-refractivity contribution is 6.22. The van der Waals surface area contributed by atoms with Gasteiger partial charge in [0.2, 0.25) is 5.91 Å². The highest BCUT2D eigenvalue weighted by Gasteiger charge is 2.40. The second-order valence-electron chi connectivity index (χ2n) is 7.72. The maximum absolute atomic E-state index is 12.8. The molecule has 0 bridgehead atoms. The molecule has 1 N–H and O–H groups in total. The van der Waals surface area contributed by atoms with Gasteiger partial charge in [0.05, 0.1) is 19.2 Å². The maximum atomic E-state index is 12.8. The first-order chi connectivity index (χ1) is 15.0. The Hall–Kier alpha value is -3.39. The van der Waals surface area contributed by atoms with Crippen molar-refractivity contribution in [2.24, 2.45) is 0 Å². The standard InChI is InChI=1S/C23H26N4O4/c1-31-19-9-7-18(8-10-19)27-22(29)20(24-23(27)30)15-21(28)26-13-11-25(12-14-26)16-17-5-3-2-4-6-17/h2-10,20H,11-16H2,1H3,(H,24,30)/t20-/m1/s1. The van der Waals surface area contributed by atoms with Gasteiger partial charge in [-0.25, -0.2) is 9.69 Å². The molecule has 162 valence electrons. The van der Waals surface area contributed by atoms with Crippen molar-refractivity contribution in [2.75, 3.05) is 38.2 Å². The number of hydrogen-bond donors (Lipinski definition) is 1. The molecular formula is C23H26N4O4. The van der Waals surface area contributed by atoms with Crippen molar-refractivity contribution < 1.29 is 19.1 Å². The van der Waals surface area contributed by atoms with Gasteiger partial charge in [0.15, 0.2) is 0 Å². The average Bonchev–Trinajstić information content (AvgIpc) is 3.07. The van der Waals surface area contributed by atoms with Gasteiger partial charge in [0.25, 0.3) is 5.91 Å². The number of methoxy groups -OCH3 is 1. The van der Waals surface area contributed by atoms with Crippen molar-refractivity contribution in [3.8, 4) is 5.75 Å². The fraction of sp³-hybridized carbons (Fsp3) is 0.348. The van der Waals surface area contributed by atoms with Crippen LogP contribution in [0.1, 0.15) is 12.0 Å². The molecule has 4 amide bonds. The Balaban J connectivity index is 1.30. The number of urea groups is 1. The summed E-state index contributed by atoms with van der Waals surface area (Å²) in [6.07, 6.45) is -0.0318. The lowest BCUT2D eigenvalue weighted by Gasteiger charge is -2.35. The second-order valence-corrected chi connectivity index (χ2v) is 7.72. The predicted octanol–water partition coefficient (Wildman–Crippen LogP) is 1.85. The first-order valence-electron chi connectivity index (χ1n) is 10.4. The van der Waals surface area contributed by atoms with Crippen LogP contribution in [-0.4, -0.2) is 67.0 Å². The van der Waals surface area contributed by atoms with Crippen LogP contribution in [0.15, 0.2) is 54.6 Å². The van der Waals surface area contributed by atoms with Crippen molar-refractivity contribution in [1.82, 2.24) is 15.1 Å². The van der Waals surface area contributed by atoms with E-state index in [0.29, 0.717) is 24.5 Å². The van der Waals surface area contributed by atoms with Crippen LogP contribution in [0.3, 0.4) is 0 Å². The molecule has 0 aromatic heterocycles. The molecule has 0 radical (unpaired) electrons. The van der Waals surface area contributed by atoms with E-state index in [1.807, 2.05) is 18.2 Å². The predicted molar refractivity (Wildman–Crippen MR) is 116 cm³/mol. The summed E-state index contributed by atoms with van der Waals surface area (Å²) >= 11 is 0. The summed E-state index contributed by atoms with van der Waals surface area (Å²) in [5.74, 6) is 0.106. The Morgan fingerprint density at radius 1 is 1.00 bits per heavy atom. The third-order valence-electron chi connectivity index (χ3n) is 5.70. The number of imide groups is 1. The minimum atomic E-state index is -0.843. The zero-order valence-corrected chi connectivity index (χ0v) is 17.5. The Bertz CT molecular complexity index is 940. The van der Waals surface area contributed by atoms with Crippen LogP contribution in [0.25, 0.3) is 0 Å². The van der Waals surface area contributed by atoms with Gasteiger partial charge in [0.1, 0.15) is 11.8 Å². The van der Waals surface area contributed by atoms with Gasteiger partial charge < -0.3 is 15.0 Å². The molecule has 1 atom stereocenters. The lowest BCUT2D eigenvalue weighted by Crippen LogP contribution is -2.49. The van der Waals surface area contributed by atoms with Gasteiger partial charge in [-0.15, -0.1) is 0 Å². The van der Waals surface area contributed by atoms with Crippen molar-refractivity contribution in [2.45, 2.75) is 19.0 Å². The van der Waals surface area contributed by atoms with Crippen LogP contribution in [-0.2, 0) is 16.1 Å². The van der Waals surface area contributed by atoms with Gasteiger partial charge in [-0.3, -0.25) is 14.5 Å². The first-order valence-corrected chi connectivity index (χ1v) is 10.4. The smallest absolute Gasteiger partial charge is 0.329 e. The van der Waals surface area contributed by atoms with E-state index >= 15 is 0 Å². The van der Waals surface area contributed by atoms with Gasteiger partial charge in [-0.1, -0.05) is 30.3 Å². The number of rotatable bonds is 6. The van der Waals surface area contributed by atoms with Crippen molar-refractivity contribution >= 4 is 23.5 Å². The van der Waals surface area contributed by atoms with Crippen LogP contribution in [0.5, 0.6) is 5.75 Å². The Morgan fingerprint density at radius 2 is 1.68 bits per heavy atom. The van der Waals surface area contributed by atoms with Gasteiger partial charge in [-0.2, -0.15) is 0 Å². The van der Waals surface area contributed by atoms with Crippen LogP contribution >= 0.6 is 0 Å². The monoisotopic (exact) mass is 422 g/mol. The van der Waals surface area contributed by atoms with E-state index in [1.165, 1.54) is 5.56 Å². The Kier molecular flexibility index (Phi) is 6.18. The molecule has 2 heterocycles. The number of nitrogens with one attached hydrogen (secondary N) is 1. The molecule has 2 aliphatic heterocycles. The number of amides is 4. The Morgan fingerprint density at radius 3 is 2.32 bits per heavy atom. The van der Waals surface area contributed by atoms with Crippen LogP contribution in [0.4, 0.5) is 10.5 Å². The lowest BCUT2D eigenvalue weighted by atomic mass is 10.1. The molecule has 0 unspecified atom stereocenters. The van der Waals surface area contributed by atoms with E-state index in [2.05, 4.69) is 22.3 Å². The van der Waals surface area contributed by atoms with Crippen molar-refractivity contribution in [3.63, 3.8) is 0 Å². The zero-order valence-electron chi connectivity index (χ0n) is 17.5. The van der Waals surface area contributed by atoms with Crippen LogP contribution in [0.2, 0.25) is 0 Å². The SMILES string of the molecule is COc1ccc(N2C(=O)N[C@H](CC(=O)N3CCN(Cc4ccccc4)CC3)C2=O)cc1. The fourth-order valence-corrected chi connectivity index (χ4v) is 3.95. The van der Waals surface area contributed by atoms with E-state index in [-0.39, 0.29) is 12.3 Å². The van der Waals surface area contributed by atoms with Gasteiger partial charge >= 0.3 is 6.03 Å². The number of anilines is 1. The van der Waals surface area contributed by atoms with Crippen LogP contribution < -0.4 is 15.0 Å². The molecule has 0 saturated carbocycles. The van der Waals surface area contributed by atoms with Gasteiger partial charge in [0, 0.05) is 32.7 Å². The molecule has 0 spiro atoms. The third-order valence-corrected chi connectivity index (χ3v) is 5.70. The average molecular weight is 422 g/mol. The Labute approximate surface area is 181 Å². The quantitative estimate of drug-likeness (QED) is 0.719. The van der Waals surface area contributed by atoms with E-state index in [4.69, 9.17) is 4.74 Å². The summed E-state index contributed by atoms with van der Waals surface area (Å²) in [5.41, 5.74) is 1.70. The summed E-state index contributed by atoms with van der Waals surface area (Å²) in [6.45, 7) is 3.65. The van der Waals surface area contributed by atoms with Gasteiger partial charge in [-0.05, 0) is 29.8 Å². The van der Waals surface area contributed by atoms with Crippen molar-refractivity contribution in [3.05, 3.63) is 60.2 Å². The highest BCUT2D eigenvalue weighted by atomic mass is 16.5. The summed E-state index contributed by atoms with van der Waals surface area (Å²) < 4.78 is 5.11. The van der Waals surface area contributed by atoms with Crippen LogP contribution in [0, 0.1) is 0 Å². The number of nitrogens with zero attached hydrogens (tertiary/aromatic N) is 3. The molecule has 2 aromatic carbocycles. The summed E-state index contributed by atoms with van der Waals surface area (Å²) in [6, 6.07) is 15.5. The topological polar surface area (TPSA) is 82.2 Å². The minimum absolute atomic E-state index is 0.0318. The second kappa shape index (κ2) is 9.18. The van der Waals surface area contributed by atoms with E-state index in [0.717, 1.165) is 24.5 Å². The summed E-state index contributed by atoms with van der Waals surface area (Å²) in [7, 11) is 1.55. The molecule has 2 saturated heterocycles. The largest absolute Gasteiger partial charge is 0.497 e. The van der Waals surface area contributed by atoms with E-state index < -0.39 is 18.0 Å². The fourth-order valence-electron chi connectivity index (χ4n) is 3.95. The van der Waals surface area contributed by atoms with E-state index in [9.17, 15) is 14.4 Å². The number of benzene rings is 2. The molecule has 2 fully saturated rings. The maximum Gasteiger partial charge on any atom is 0.329 e. The molecule has 31 heavy (non-hydrogen) atoms. The normalized spacial score (nSPS) is 19.5. The third kappa shape index (κ3) is 4.69. The molecule has 8 nitrogen and oxygen atoms in total. The number of ether oxygens (including phenoxy) is 1. The highest BCUT2D eigenvalue weighted by Crippen LogP contribution is 2.24. The molecule has 4 rings (SSSR count). The minimum Gasteiger partial charge on any atom is -0.497 e. The number of carbonyl (C=O) groups excluding carboxylic acids is 3. The number of carbonyl (C=O) groups is 3. The molecular weight excluding hydrogens is 396 g/mol. The van der Waals surface area contributed by atoms with Crippen molar-refractivity contribution in [1.29, 1.82) is 0 Å². The lowest BCUT2D eigenvalue weighted by molar-refractivity contribution is -0.135. The summed E-state index contributed by atoms with van der Waals surface area (Å²) in [5, 5.41) is 2.64. The first kappa shape index (κ1) is 20.9. The number of hydrogen-bond acceptors (Lipinski definition) is 5. The molecule has 0 aliphatic carbocycles. The molecule has 2 aromatic rings. The van der Waals surface area contributed by atoms with E-state index in [1.54, 1.807) is 36.3 Å². The summed E-state index contributed by atoms with van der Waals surface area (Å²) in [4.78, 5) is 43.1. The number of piperazine rings is 1. The molecule has 8 heteroatoms. The zero-order chi connectivity index (χ0) is 21.8.